The molecule has 1 fully saturated rings. The van der Waals surface area contributed by atoms with Crippen molar-refractivity contribution in [1.29, 1.82) is 0 Å². The minimum atomic E-state index is -0.0751. The van der Waals surface area contributed by atoms with Crippen molar-refractivity contribution in [1.82, 2.24) is 4.90 Å². The first-order valence-corrected chi connectivity index (χ1v) is 7.29. The quantitative estimate of drug-likeness (QED) is 0.916. The second kappa shape index (κ2) is 6.86. The average molecular weight is 276 g/mol. The first-order chi connectivity index (χ1) is 9.58. The van der Waals surface area contributed by atoms with Crippen molar-refractivity contribution >= 4 is 5.91 Å². The molecule has 110 valence electrons. The summed E-state index contributed by atoms with van der Waals surface area (Å²) < 4.78 is 5.55. The van der Waals surface area contributed by atoms with Crippen LogP contribution in [-0.2, 0) is 9.53 Å². The maximum absolute atomic E-state index is 12.3. The number of nitrogens with zero attached hydrogens (tertiary/aromatic N) is 1. The highest BCUT2D eigenvalue weighted by Crippen LogP contribution is 2.18. The minimum Gasteiger partial charge on any atom is -0.375 e. The van der Waals surface area contributed by atoms with Crippen molar-refractivity contribution in [2.75, 3.05) is 13.2 Å². The fraction of sp³-hybridized carbons (Fsp3) is 0.562. The molecule has 4 nitrogen and oxygen atoms in total. The van der Waals surface area contributed by atoms with Crippen LogP contribution in [0.2, 0.25) is 0 Å². The molecule has 1 saturated heterocycles. The van der Waals surface area contributed by atoms with Crippen LogP contribution in [0.1, 0.15) is 38.3 Å². The van der Waals surface area contributed by atoms with E-state index in [1.807, 2.05) is 49.1 Å². The maximum atomic E-state index is 12.3. The molecule has 1 aromatic carbocycles. The third-order valence-corrected chi connectivity index (χ3v) is 3.83. The van der Waals surface area contributed by atoms with Crippen molar-refractivity contribution in [3.8, 4) is 0 Å². The fourth-order valence-corrected chi connectivity index (χ4v) is 2.54. The van der Waals surface area contributed by atoms with Gasteiger partial charge in [0.05, 0.1) is 18.8 Å². The summed E-state index contributed by atoms with van der Waals surface area (Å²) in [6, 6.07) is 10.0. The first-order valence-electron chi connectivity index (χ1n) is 7.29. The summed E-state index contributed by atoms with van der Waals surface area (Å²) in [6.07, 6.45) is 1.30. The summed E-state index contributed by atoms with van der Waals surface area (Å²) >= 11 is 0. The van der Waals surface area contributed by atoms with Gasteiger partial charge in [-0.25, -0.2) is 0 Å². The lowest BCUT2D eigenvalue weighted by atomic mass is 10.0. The van der Waals surface area contributed by atoms with Gasteiger partial charge in [0, 0.05) is 19.0 Å². The smallest absolute Gasteiger partial charge is 0.223 e. The van der Waals surface area contributed by atoms with Gasteiger partial charge in [0.25, 0.3) is 0 Å². The largest absolute Gasteiger partial charge is 0.375 e. The van der Waals surface area contributed by atoms with Gasteiger partial charge in [0.2, 0.25) is 5.91 Å². The predicted molar refractivity (Wildman–Crippen MR) is 79.2 cm³/mol. The number of benzene rings is 1. The van der Waals surface area contributed by atoms with Gasteiger partial charge in [-0.1, -0.05) is 30.3 Å². The molecule has 2 N–H and O–H groups in total. The van der Waals surface area contributed by atoms with Gasteiger partial charge in [-0.05, 0) is 25.8 Å². The van der Waals surface area contributed by atoms with Crippen LogP contribution in [0.5, 0.6) is 0 Å². The molecule has 20 heavy (non-hydrogen) atoms. The Morgan fingerprint density at radius 2 is 2.10 bits per heavy atom. The number of carbonyl (C=O) groups excluding carboxylic acids is 1. The van der Waals surface area contributed by atoms with Gasteiger partial charge in [-0.2, -0.15) is 0 Å². The molecule has 4 heteroatoms. The average Bonchev–Trinajstić information content (AvgIpc) is 2.47. The Morgan fingerprint density at radius 3 is 2.80 bits per heavy atom. The van der Waals surface area contributed by atoms with Crippen LogP contribution in [0.25, 0.3) is 0 Å². The van der Waals surface area contributed by atoms with Crippen LogP contribution in [0, 0.1) is 0 Å². The van der Waals surface area contributed by atoms with Crippen molar-refractivity contribution in [2.45, 2.75) is 44.9 Å². The summed E-state index contributed by atoms with van der Waals surface area (Å²) in [4.78, 5) is 14.2. The molecule has 0 saturated carbocycles. The summed E-state index contributed by atoms with van der Waals surface area (Å²) in [5.41, 5.74) is 7.23. The first kappa shape index (κ1) is 15.0. The predicted octanol–water partition coefficient (Wildman–Crippen LogP) is 2.10. The summed E-state index contributed by atoms with van der Waals surface area (Å²) in [5, 5.41) is 0. The summed E-state index contributed by atoms with van der Waals surface area (Å²) in [7, 11) is 0. The number of nitrogens with two attached hydrogens (primary N) is 1. The Kier molecular flexibility index (Phi) is 5.15. The number of rotatable bonds is 4. The number of ether oxygens (including phenoxy) is 1. The van der Waals surface area contributed by atoms with Crippen molar-refractivity contribution in [3.05, 3.63) is 35.9 Å². The Morgan fingerprint density at radius 1 is 1.40 bits per heavy atom. The zero-order valence-electron chi connectivity index (χ0n) is 12.3. The number of hydrogen-bond donors (Lipinski definition) is 1. The normalized spacial score (nSPS) is 24.4. The van der Waals surface area contributed by atoms with Crippen molar-refractivity contribution in [3.63, 3.8) is 0 Å². The zero-order chi connectivity index (χ0) is 14.5. The molecule has 0 spiro atoms. The highest BCUT2D eigenvalue weighted by atomic mass is 16.5. The minimum absolute atomic E-state index is 0.0751. The fourth-order valence-electron chi connectivity index (χ4n) is 2.54. The molecule has 1 aliphatic rings. The van der Waals surface area contributed by atoms with Gasteiger partial charge in [0.1, 0.15) is 0 Å². The molecular formula is C16H24N2O2. The van der Waals surface area contributed by atoms with E-state index in [-0.39, 0.29) is 24.1 Å². The molecule has 1 amide bonds. The van der Waals surface area contributed by atoms with Crippen molar-refractivity contribution in [2.24, 2.45) is 5.73 Å². The molecular weight excluding hydrogens is 252 g/mol. The van der Waals surface area contributed by atoms with E-state index in [1.54, 1.807) is 0 Å². The molecule has 1 aromatic rings. The van der Waals surface area contributed by atoms with Gasteiger partial charge in [0.15, 0.2) is 0 Å². The van der Waals surface area contributed by atoms with E-state index in [0.29, 0.717) is 26.0 Å². The number of amides is 1. The van der Waals surface area contributed by atoms with E-state index in [1.165, 1.54) is 0 Å². The van der Waals surface area contributed by atoms with Crippen LogP contribution in [-0.4, -0.2) is 36.1 Å². The highest BCUT2D eigenvalue weighted by Gasteiger charge is 2.27. The van der Waals surface area contributed by atoms with Crippen LogP contribution >= 0.6 is 0 Å². The Hall–Kier alpha value is -1.39. The van der Waals surface area contributed by atoms with E-state index < -0.39 is 0 Å². The van der Waals surface area contributed by atoms with E-state index in [2.05, 4.69) is 0 Å². The van der Waals surface area contributed by atoms with E-state index >= 15 is 0 Å². The van der Waals surface area contributed by atoms with Crippen LogP contribution in [0.15, 0.2) is 30.3 Å². The molecule has 0 unspecified atom stereocenters. The molecule has 0 radical (unpaired) electrons. The van der Waals surface area contributed by atoms with Gasteiger partial charge >= 0.3 is 0 Å². The molecule has 0 aliphatic carbocycles. The Bertz CT molecular complexity index is 435. The van der Waals surface area contributed by atoms with Crippen molar-refractivity contribution < 1.29 is 9.53 Å². The molecule has 0 aromatic heterocycles. The maximum Gasteiger partial charge on any atom is 0.223 e. The summed E-state index contributed by atoms with van der Waals surface area (Å²) in [6.45, 7) is 5.33. The third-order valence-electron chi connectivity index (χ3n) is 3.83. The number of hydrogen-bond acceptors (Lipinski definition) is 3. The highest BCUT2D eigenvalue weighted by molar-refractivity contribution is 5.76. The van der Waals surface area contributed by atoms with Crippen LogP contribution in [0.3, 0.4) is 0 Å². The van der Waals surface area contributed by atoms with Crippen LogP contribution in [0.4, 0.5) is 0 Å². The SMILES string of the molecule is C[C@@H]1CN(C(=O)CC[C@@H](N)c2ccccc2)[C@@H](C)CO1. The van der Waals surface area contributed by atoms with Gasteiger partial charge in [-0.3, -0.25) is 4.79 Å². The Labute approximate surface area is 120 Å². The second-order valence-electron chi connectivity index (χ2n) is 5.59. The standard InChI is InChI=1S/C16H24N2O2/c1-12-11-20-13(2)10-18(12)16(19)9-8-15(17)14-6-4-3-5-7-14/h3-7,12-13,15H,8-11,17H2,1-2H3/t12-,13+,15+/m0/s1. The summed E-state index contributed by atoms with van der Waals surface area (Å²) in [5.74, 6) is 0.180. The van der Waals surface area contributed by atoms with Crippen LogP contribution < -0.4 is 5.73 Å². The molecule has 1 aliphatic heterocycles. The third kappa shape index (κ3) is 3.81. The van der Waals surface area contributed by atoms with E-state index in [4.69, 9.17) is 10.5 Å². The Balaban J connectivity index is 1.85. The lowest BCUT2D eigenvalue weighted by molar-refractivity contribution is -0.143. The van der Waals surface area contributed by atoms with E-state index in [0.717, 1.165) is 5.56 Å². The number of carbonyl (C=O) groups is 1. The van der Waals surface area contributed by atoms with Gasteiger partial charge in [-0.15, -0.1) is 0 Å². The molecule has 0 bridgehead atoms. The second-order valence-corrected chi connectivity index (χ2v) is 5.59. The van der Waals surface area contributed by atoms with Gasteiger partial charge < -0.3 is 15.4 Å². The lowest BCUT2D eigenvalue weighted by Crippen LogP contribution is -2.50. The van der Waals surface area contributed by atoms with E-state index in [9.17, 15) is 4.79 Å². The lowest BCUT2D eigenvalue weighted by Gasteiger charge is -2.37. The molecule has 1 heterocycles. The monoisotopic (exact) mass is 276 g/mol. The number of morpholine rings is 1. The topological polar surface area (TPSA) is 55.6 Å². The molecule has 3 atom stereocenters. The molecule has 2 rings (SSSR count). The zero-order valence-corrected chi connectivity index (χ0v) is 12.3.